The molecule has 0 aliphatic heterocycles. The number of rotatable bonds is 2. The average Bonchev–Trinajstić information content (AvgIpc) is 3.21. The summed E-state index contributed by atoms with van der Waals surface area (Å²) in [7, 11) is 0. The summed E-state index contributed by atoms with van der Waals surface area (Å²) in [5, 5.41) is 21.1. The molecular weight excluding hydrogens is 330 g/mol. The third-order valence-corrected chi connectivity index (χ3v) is 4.73. The Bertz CT molecular complexity index is 1040. The van der Waals surface area contributed by atoms with E-state index in [1.54, 1.807) is 11.3 Å². The monoisotopic (exact) mass is 337 g/mol. The first-order valence-electron chi connectivity index (χ1n) is 6.72. The molecule has 23 heavy (non-hydrogen) atoms. The number of halogens is 1. The Morgan fingerprint density at radius 2 is 1.83 bits per heavy atom. The van der Waals surface area contributed by atoms with Crippen molar-refractivity contribution in [3.63, 3.8) is 0 Å². The topological polar surface area (TPSA) is 78.2 Å². The van der Waals surface area contributed by atoms with E-state index in [4.69, 9.17) is 16.9 Å². The van der Waals surface area contributed by atoms with Crippen molar-refractivity contribution in [3.05, 3.63) is 53.2 Å². The molecule has 2 aromatic carbocycles. The number of nitriles is 1. The SMILES string of the molecule is N#Cc1n[nH]nc1-c1ccc2nc(-c3ccc(Cl)cc3)sc2c1. The smallest absolute Gasteiger partial charge is 0.190 e. The van der Waals surface area contributed by atoms with Gasteiger partial charge in [-0.15, -0.1) is 16.4 Å². The highest BCUT2D eigenvalue weighted by Gasteiger charge is 2.12. The molecule has 0 bridgehead atoms. The summed E-state index contributed by atoms with van der Waals surface area (Å²) >= 11 is 7.51. The molecule has 0 saturated carbocycles. The van der Waals surface area contributed by atoms with Crippen molar-refractivity contribution in [2.24, 2.45) is 0 Å². The van der Waals surface area contributed by atoms with Gasteiger partial charge in [0.25, 0.3) is 0 Å². The minimum atomic E-state index is 0.284. The van der Waals surface area contributed by atoms with Gasteiger partial charge in [-0.05, 0) is 24.3 Å². The van der Waals surface area contributed by atoms with E-state index in [0.717, 1.165) is 26.4 Å². The van der Waals surface area contributed by atoms with Crippen molar-refractivity contribution in [2.45, 2.75) is 0 Å². The second-order valence-corrected chi connectivity index (χ2v) is 6.31. The van der Waals surface area contributed by atoms with Gasteiger partial charge < -0.3 is 0 Å². The number of aromatic amines is 1. The van der Waals surface area contributed by atoms with Crippen LogP contribution in [0, 0.1) is 11.3 Å². The lowest BCUT2D eigenvalue weighted by atomic mass is 10.1. The molecule has 0 radical (unpaired) electrons. The number of thiazole rings is 1. The maximum absolute atomic E-state index is 9.06. The first-order chi connectivity index (χ1) is 11.2. The van der Waals surface area contributed by atoms with Gasteiger partial charge in [0.15, 0.2) is 5.69 Å². The van der Waals surface area contributed by atoms with E-state index in [-0.39, 0.29) is 5.69 Å². The number of nitrogens with one attached hydrogen (secondary N) is 1. The lowest BCUT2D eigenvalue weighted by Crippen LogP contribution is -1.82. The highest BCUT2D eigenvalue weighted by molar-refractivity contribution is 7.21. The summed E-state index contributed by atoms with van der Waals surface area (Å²) < 4.78 is 1.03. The fourth-order valence-corrected chi connectivity index (χ4v) is 3.43. The maximum Gasteiger partial charge on any atom is 0.190 e. The molecule has 0 aliphatic carbocycles. The fraction of sp³-hybridized carbons (Fsp3) is 0. The number of fused-ring (bicyclic) bond motifs is 1. The molecule has 0 saturated heterocycles. The minimum Gasteiger partial charge on any atom is -0.236 e. The van der Waals surface area contributed by atoms with Crippen LogP contribution in [0.1, 0.15) is 5.69 Å². The van der Waals surface area contributed by atoms with Crippen molar-refractivity contribution in [3.8, 4) is 27.9 Å². The van der Waals surface area contributed by atoms with Crippen LogP contribution in [0.4, 0.5) is 0 Å². The fourth-order valence-electron chi connectivity index (χ4n) is 2.30. The highest BCUT2D eigenvalue weighted by Crippen LogP contribution is 2.33. The van der Waals surface area contributed by atoms with Crippen LogP contribution in [0.2, 0.25) is 5.02 Å². The van der Waals surface area contributed by atoms with E-state index >= 15 is 0 Å². The van der Waals surface area contributed by atoms with Crippen molar-refractivity contribution in [1.29, 1.82) is 5.26 Å². The molecule has 0 spiro atoms. The van der Waals surface area contributed by atoms with E-state index in [2.05, 4.69) is 20.4 Å². The van der Waals surface area contributed by atoms with E-state index < -0.39 is 0 Å². The Balaban J connectivity index is 1.81. The first-order valence-corrected chi connectivity index (χ1v) is 7.92. The van der Waals surface area contributed by atoms with E-state index in [0.29, 0.717) is 10.7 Å². The number of benzene rings is 2. The summed E-state index contributed by atoms with van der Waals surface area (Å²) in [4.78, 5) is 4.64. The van der Waals surface area contributed by atoms with Crippen LogP contribution in [0.3, 0.4) is 0 Å². The summed E-state index contributed by atoms with van der Waals surface area (Å²) in [6, 6.07) is 15.4. The van der Waals surface area contributed by atoms with Crippen LogP contribution in [-0.2, 0) is 0 Å². The minimum absolute atomic E-state index is 0.284. The van der Waals surface area contributed by atoms with E-state index in [9.17, 15) is 0 Å². The molecule has 4 rings (SSSR count). The van der Waals surface area contributed by atoms with Crippen molar-refractivity contribution < 1.29 is 0 Å². The van der Waals surface area contributed by atoms with Crippen molar-refractivity contribution >= 4 is 33.2 Å². The lowest BCUT2D eigenvalue weighted by Gasteiger charge is -1.95. The molecule has 2 aromatic heterocycles. The second kappa shape index (κ2) is 5.47. The number of nitrogens with zero attached hydrogens (tertiary/aromatic N) is 4. The van der Waals surface area contributed by atoms with E-state index in [1.165, 1.54) is 0 Å². The largest absolute Gasteiger partial charge is 0.236 e. The summed E-state index contributed by atoms with van der Waals surface area (Å²) in [5.41, 5.74) is 3.61. The zero-order valence-corrected chi connectivity index (χ0v) is 13.2. The van der Waals surface area contributed by atoms with Gasteiger partial charge in [-0.2, -0.15) is 15.6 Å². The third-order valence-electron chi connectivity index (χ3n) is 3.41. The van der Waals surface area contributed by atoms with Crippen molar-refractivity contribution in [2.75, 3.05) is 0 Å². The molecule has 2 heterocycles. The Morgan fingerprint density at radius 1 is 1.04 bits per heavy atom. The molecule has 1 N–H and O–H groups in total. The molecule has 5 nitrogen and oxygen atoms in total. The molecule has 110 valence electrons. The standard InChI is InChI=1S/C16H8ClN5S/c17-11-4-1-9(2-5-11)16-19-12-6-3-10(7-14(12)23-16)15-13(8-18)20-22-21-15/h1-7H,(H,20,21,22). The molecule has 0 atom stereocenters. The van der Waals surface area contributed by atoms with Gasteiger partial charge in [0.05, 0.1) is 10.2 Å². The molecule has 0 aliphatic rings. The molecular formula is C16H8ClN5S. The quantitative estimate of drug-likeness (QED) is 0.592. The summed E-state index contributed by atoms with van der Waals surface area (Å²) in [5.74, 6) is 0. The lowest BCUT2D eigenvalue weighted by molar-refractivity contribution is 0.937. The number of aromatic nitrogens is 4. The van der Waals surface area contributed by atoms with E-state index in [1.807, 2.05) is 48.5 Å². The Kier molecular flexibility index (Phi) is 3.30. The highest BCUT2D eigenvalue weighted by atomic mass is 35.5. The number of hydrogen-bond donors (Lipinski definition) is 1. The van der Waals surface area contributed by atoms with Crippen LogP contribution in [0.25, 0.3) is 32.0 Å². The summed E-state index contributed by atoms with van der Waals surface area (Å²) in [6.45, 7) is 0. The third kappa shape index (κ3) is 2.46. The molecule has 0 fully saturated rings. The molecule has 0 amide bonds. The molecule has 0 unspecified atom stereocenters. The van der Waals surface area contributed by atoms with Gasteiger partial charge in [0.1, 0.15) is 16.8 Å². The number of hydrogen-bond acceptors (Lipinski definition) is 5. The second-order valence-electron chi connectivity index (χ2n) is 4.84. The van der Waals surface area contributed by atoms with Gasteiger partial charge in [0.2, 0.25) is 0 Å². The summed E-state index contributed by atoms with van der Waals surface area (Å²) in [6.07, 6.45) is 0. The number of H-pyrrole nitrogens is 1. The Hall–Kier alpha value is -2.75. The Morgan fingerprint density at radius 3 is 2.61 bits per heavy atom. The van der Waals surface area contributed by atoms with Crippen molar-refractivity contribution in [1.82, 2.24) is 20.4 Å². The molecule has 7 heteroatoms. The zero-order chi connectivity index (χ0) is 15.8. The van der Waals surface area contributed by atoms with Crippen LogP contribution in [0.15, 0.2) is 42.5 Å². The van der Waals surface area contributed by atoms with Gasteiger partial charge in [-0.1, -0.05) is 29.8 Å². The van der Waals surface area contributed by atoms with Gasteiger partial charge in [-0.25, -0.2) is 4.98 Å². The van der Waals surface area contributed by atoms with Gasteiger partial charge >= 0.3 is 0 Å². The van der Waals surface area contributed by atoms with Crippen LogP contribution in [0.5, 0.6) is 0 Å². The first kappa shape index (κ1) is 13.9. The van der Waals surface area contributed by atoms with Crippen LogP contribution in [-0.4, -0.2) is 20.4 Å². The average molecular weight is 338 g/mol. The van der Waals surface area contributed by atoms with Crippen LogP contribution < -0.4 is 0 Å². The van der Waals surface area contributed by atoms with Crippen LogP contribution >= 0.6 is 22.9 Å². The Labute approximate surface area is 140 Å². The zero-order valence-electron chi connectivity index (χ0n) is 11.6. The normalized spacial score (nSPS) is 10.8. The van der Waals surface area contributed by atoms with Gasteiger partial charge in [0, 0.05) is 16.1 Å². The predicted octanol–water partition coefficient (Wildman–Crippen LogP) is 4.27. The molecule has 4 aromatic rings. The van der Waals surface area contributed by atoms with Gasteiger partial charge in [-0.3, -0.25) is 0 Å². The maximum atomic E-state index is 9.06. The predicted molar refractivity (Wildman–Crippen MR) is 90.2 cm³/mol.